The van der Waals surface area contributed by atoms with Gasteiger partial charge in [0.2, 0.25) is 0 Å². The second-order valence-electron chi connectivity index (χ2n) is 19.4. The molecule has 0 atom stereocenters. The van der Waals surface area contributed by atoms with E-state index in [0.717, 1.165) is 22.3 Å². The maximum absolute atomic E-state index is 14.9. The molecular formula is C48H84O8Si. The lowest BCUT2D eigenvalue weighted by atomic mass is 9.84. The van der Waals surface area contributed by atoms with E-state index in [1.165, 1.54) is 0 Å². The number of hydrogen-bond donors (Lipinski definition) is 0. The van der Waals surface area contributed by atoms with Crippen LogP contribution in [0.2, 0.25) is 0 Å². The summed E-state index contributed by atoms with van der Waals surface area (Å²) in [5.41, 5.74) is 4.83. The first-order chi connectivity index (χ1) is 25.9. The van der Waals surface area contributed by atoms with Crippen molar-refractivity contribution in [2.24, 2.45) is 71.0 Å². The van der Waals surface area contributed by atoms with Gasteiger partial charge in [0, 0.05) is 22.3 Å². The maximum atomic E-state index is 14.9. The minimum absolute atomic E-state index is 0.0426. The number of allylic oxidation sites excluding steroid dienone is 4. The molecule has 0 spiro atoms. The lowest BCUT2D eigenvalue weighted by Crippen LogP contribution is -2.56. The van der Waals surface area contributed by atoms with E-state index in [9.17, 15) is 19.2 Å². The van der Waals surface area contributed by atoms with Crippen LogP contribution in [0.15, 0.2) is 44.6 Å². The zero-order valence-corrected chi connectivity index (χ0v) is 41.7. The zero-order chi connectivity index (χ0) is 45.2. The summed E-state index contributed by atoms with van der Waals surface area (Å²) in [6.07, 6.45) is 0. The third kappa shape index (κ3) is 14.7. The molecule has 57 heavy (non-hydrogen) atoms. The molecule has 0 bridgehead atoms. The van der Waals surface area contributed by atoms with E-state index >= 15 is 0 Å². The Morgan fingerprint density at radius 1 is 0.246 bits per heavy atom. The van der Waals surface area contributed by atoms with Crippen molar-refractivity contribution in [3.63, 3.8) is 0 Å². The smallest absolute Gasteiger partial charge is 0.419 e. The number of rotatable bonds is 20. The van der Waals surface area contributed by atoms with Crippen LogP contribution in [0, 0.1) is 71.0 Å². The summed E-state index contributed by atoms with van der Waals surface area (Å²) in [6.45, 7) is 47.2. The van der Waals surface area contributed by atoms with E-state index in [-0.39, 0.29) is 71.0 Å². The Bertz CT molecular complexity index is 1250. The molecule has 0 N–H and O–H groups in total. The van der Waals surface area contributed by atoms with Gasteiger partial charge in [-0.3, -0.25) is 0 Å². The van der Waals surface area contributed by atoms with Gasteiger partial charge < -0.3 is 17.7 Å². The van der Waals surface area contributed by atoms with Crippen LogP contribution in [0.25, 0.3) is 0 Å². The van der Waals surface area contributed by atoms with Gasteiger partial charge >= 0.3 is 32.9 Å². The summed E-state index contributed by atoms with van der Waals surface area (Å²) in [5, 5.41) is 0. The van der Waals surface area contributed by atoms with Crippen molar-refractivity contribution in [2.45, 2.75) is 166 Å². The fourth-order valence-electron chi connectivity index (χ4n) is 8.70. The Labute approximate surface area is 350 Å². The van der Waals surface area contributed by atoms with Crippen LogP contribution in [0.5, 0.6) is 0 Å². The standard InChI is InChI=1S/C48H84O8Si/c1-25(2)37(26(3)4)41(33(17)18)45(49)53-57(54-46(50)42(34(19)20)38(27(5)6)28(7)8,55-47(51)43(35(21)22)39(29(9)10)30(11)12)56-48(52)44(36(23)24)40(31(13)14)32(15)16/h25-36H,1-24H3. The topological polar surface area (TPSA) is 105 Å². The third-order valence-corrected chi connectivity index (χ3v) is 12.0. The van der Waals surface area contributed by atoms with E-state index in [1.807, 2.05) is 166 Å². The van der Waals surface area contributed by atoms with Crippen molar-refractivity contribution >= 4 is 32.9 Å². The average Bonchev–Trinajstić information content (AvgIpc) is 3.00. The Hall–Kier alpha value is -2.94. The number of hydrogen-bond acceptors (Lipinski definition) is 8. The predicted octanol–water partition coefficient (Wildman–Crippen LogP) is 12.7. The van der Waals surface area contributed by atoms with E-state index in [2.05, 4.69) is 0 Å². The van der Waals surface area contributed by atoms with E-state index in [4.69, 9.17) is 17.7 Å². The normalized spacial score (nSPS) is 12.3. The molecule has 0 amide bonds. The highest BCUT2D eigenvalue weighted by molar-refractivity contribution is 6.62. The fraction of sp³-hybridized carbons (Fsp3) is 0.750. The van der Waals surface area contributed by atoms with Crippen molar-refractivity contribution in [1.82, 2.24) is 0 Å². The second kappa shape index (κ2) is 23.0. The van der Waals surface area contributed by atoms with Crippen LogP contribution in [-0.2, 0) is 36.9 Å². The number of carbonyl (C=O) groups excluding carboxylic acids is 4. The SMILES string of the molecule is CC(C)C(C(=O)O[Si](OC(=O)C(=C(C(C)C)C(C)C)C(C)C)(OC(=O)C(=C(C(C)C)C(C)C)C(C)C)OC(=O)C(=C(C(C)C)C(C)C)C(C)C)=C(C(C)C)C(C)C. The van der Waals surface area contributed by atoms with Crippen LogP contribution < -0.4 is 0 Å². The molecule has 0 rings (SSSR count). The van der Waals surface area contributed by atoms with Gasteiger partial charge in [0.25, 0.3) is 0 Å². The minimum Gasteiger partial charge on any atom is -0.419 e. The zero-order valence-electron chi connectivity index (χ0n) is 40.7. The molecule has 0 aromatic heterocycles. The second-order valence-corrected chi connectivity index (χ2v) is 21.2. The Balaban J connectivity index is 9.00. The summed E-state index contributed by atoms with van der Waals surface area (Å²) < 4.78 is 25.6. The first-order valence-electron chi connectivity index (χ1n) is 21.8. The lowest BCUT2D eigenvalue weighted by Gasteiger charge is -2.32. The summed E-state index contributed by atoms with van der Waals surface area (Å²) in [5.74, 6) is -5.06. The van der Waals surface area contributed by atoms with Gasteiger partial charge in [-0.1, -0.05) is 188 Å². The molecular weight excluding hydrogens is 733 g/mol. The molecule has 0 aliphatic rings. The molecule has 0 aromatic rings. The van der Waals surface area contributed by atoms with Gasteiger partial charge in [-0.2, -0.15) is 0 Å². The molecule has 0 aliphatic heterocycles. The van der Waals surface area contributed by atoms with Crippen molar-refractivity contribution in [3.05, 3.63) is 44.6 Å². The highest BCUT2D eigenvalue weighted by atomic mass is 28.4. The average molecular weight is 817 g/mol. The third-order valence-electron chi connectivity index (χ3n) is 10.3. The minimum atomic E-state index is -5.48. The van der Waals surface area contributed by atoms with Gasteiger partial charge in [-0.25, -0.2) is 19.2 Å². The quantitative estimate of drug-likeness (QED) is 0.0883. The van der Waals surface area contributed by atoms with Crippen LogP contribution in [0.4, 0.5) is 0 Å². The van der Waals surface area contributed by atoms with Gasteiger partial charge in [0.15, 0.2) is 0 Å². The monoisotopic (exact) mass is 817 g/mol. The predicted molar refractivity (Wildman–Crippen MR) is 236 cm³/mol. The van der Waals surface area contributed by atoms with Crippen LogP contribution in [0.1, 0.15) is 166 Å². The van der Waals surface area contributed by atoms with E-state index in [0.29, 0.717) is 22.3 Å². The summed E-state index contributed by atoms with van der Waals surface area (Å²) in [6, 6.07) is 0. The Morgan fingerprint density at radius 3 is 0.456 bits per heavy atom. The first-order valence-corrected chi connectivity index (χ1v) is 23.4. The van der Waals surface area contributed by atoms with Gasteiger partial charge in [0.1, 0.15) is 0 Å². The molecule has 328 valence electrons. The van der Waals surface area contributed by atoms with E-state index < -0.39 is 32.9 Å². The largest absolute Gasteiger partial charge is 0.975 e. The Kier molecular flexibility index (Phi) is 21.8. The van der Waals surface area contributed by atoms with Crippen LogP contribution >= 0.6 is 0 Å². The van der Waals surface area contributed by atoms with Crippen molar-refractivity contribution < 1.29 is 36.9 Å². The maximum Gasteiger partial charge on any atom is 0.975 e. The van der Waals surface area contributed by atoms with Gasteiger partial charge in [0.05, 0.1) is 0 Å². The Morgan fingerprint density at radius 2 is 0.368 bits per heavy atom. The molecule has 0 heterocycles. The molecule has 0 unspecified atom stereocenters. The lowest BCUT2D eigenvalue weighted by molar-refractivity contribution is -0.158. The fourth-order valence-corrected chi connectivity index (χ4v) is 10.3. The van der Waals surface area contributed by atoms with Gasteiger partial charge in [-0.05, 0) is 71.0 Å². The molecule has 0 saturated heterocycles. The van der Waals surface area contributed by atoms with Crippen molar-refractivity contribution in [1.29, 1.82) is 0 Å². The molecule has 0 fully saturated rings. The van der Waals surface area contributed by atoms with Crippen LogP contribution in [0.3, 0.4) is 0 Å². The highest BCUT2D eigenvalue weighted by Crippen LogP contribution is 2.36. The van der Waals surface area contributed by atoms with Crippen molar-refractivity contribution in [3.8, 4) is 0 Å². The number of carbonyl (C=O) groups is 4. The molecule has 0 aromatic carbocycles. The molecule has 0 saturated carbocycles. The molecule has 0 radical (unpaired) electrons. The van der Waals surface area contributed by atoms with Crippen LogP contribution in [-0.4, -0.2) is 32.9 Å². The summed E-state index contributed by atoms with van der Waals surface area (Å²) >= 11 is 0. The van der Waals surface area contributed by atoms with Gasteiger partial charge in [-0.15, -0.1) is 0 Å². The summed E-state index contributed by atoms with van der Waals surface area (Å²) in [7, 11) is -5.48. The first kappa shape index (κ1) is 54.1. The molecule has 0 aliphatic carbocycles. The van der Waals surface area contributed by atoms with E-state index in [1.54, 1.807) is 0 Å². The highest BCUT2D eigenvalue weighted by Gasteiger charge is 2.65. The molecule has 9 heteroatoms. The summed E-state index contributed by atoms with van der Waals surface area (Å²) in [4.78, 5) is 59.6. The molecule has 8 nitrogen and oxygen atoms in total. The van der Waals surface area contributed by atoms with Crippen molar-refractivity contribution in [2.75, 3.05) is 0 Å².